The maximum Gasteiger partial charge on any atom is 0.192 e. The van der Waals surface area contributed by atoms with E-state index in [0.29, 0.717) is 22.5 Å². The molecule has 33 heavy (non-hydrogen) atoms. The van der Waals surface area contributed by atoms with Crippen molar-refractivity contribution in [3.8, 4) is 11.8 Å². The van der Waals surface area contributed by atoms with Crippen LogP contribution in [0.25, 0.3) is 15.8 Å². The van der Waals surface area contributed by atoms with E-state index in [0.717, 1.165) is 10.2 Å². The molecule has 0 radical (unpaired) electrons. The van der Waals surface area contributed by atoms with E-state index >= 15 is 0 Å². The SMILES string of the molecule is C=CCn1c(COc2ccccc2F)nnc1SC/C(O)=C(\C#N)c1nc2ccccc2s1. The number of benzene rings is 2. The zero-order chi connectivity index (χ0) is 23.2. The summed E-state index contributed by atoms with van der Waals surface area (Å²) in [6, 6.07) is 15.7. The second-order valence-electron chi connectivity index (χ2n) is 6.73. The number of aliphatic hydroxyl groups is 1. The lowest BCUT2D eigenvalue weighted by Gasteiger charge is -2.09. The minimum Gasteiger partial charge on any atom is -0.510 e. The van der Waals surface area contributed by atoms with Crippen molar-refractivity contribution in [2.75, 3.05) is 5.75 Å². The molecular formula is C23H18FN5O2S2. The first-order chi connectivity index (χ1) is 16.1. The maximum atomic E-state index is 13.8. The van der Waals surface area contributed by atoms with E-state index in [9.17, 15) is 14.8 Å². The second-order valence-corrected chi connectivity index (χ2v) is 8.70. The van der Waals surface area contributed by atoms with E-state index in [1.54, 1.807) is 22.8 Å². The van der Waals surface area contributed by atoms with Crippen LogP contribution in [0.5, 0.6) is 5.75 Å². The molecular weight excluding hydrogens is 461 g/mol. The van der Waals surface area contributed by atoms with Crippen LogP contribution in [0.2, 0.25) is 0 Å². The van der Waals surface area contributed by atoms with Crippen molar-refractivity contribution in [2.45, 2.75) is 18.3 Å². The Labute approximate surface area is 197 Å². The molecule has 4 rings (SSSR count). The molecule has 0 saturated heterocycles. The van der Waals surface area contributed by atoms with Gasteiger partial charge in [0.2, 0.25) is 0 Å². The number of nitrogens with zero attached hydrogens (tertiary/aromatic N) is 5. The molecule has 0 unspecified atom stereocenters. The summed E-state index contributed by atoms with van der Waals surface area (Å²) in [4.78, 5) is 4.45. The number of aliphatic hydroxyl groups excluding tert-OH is 1. The van der Waals surface area contributed by atoms with Gasteiger partial charge < -0.3 is 9.84 Å². The number of allylic oxidation sites excluding steroid dienone is 2. The molecule has 0 amide bonds. The number of fused-ring (bicyclic) bond motifs is 1. The van der Waals surface area contributed by atoms with Crippen molar-refractivity contribution < 1.29 is 14.2 Å². The van der Waals surface area contributed by atoms with Gasteiger partial charge in [-0.3, -0.25) is 4.57 Å². The van der Waals surface area contributed by atoms with Gasteiger partial charge in [-0.2, -0.15) is 5.26 Å². The van der Waals surface area contributed by atoms with Gasteiger partial charge in [-0.25, -0.2) is 9.37 Å². The first-order valence-corrected chi connectivity index (χ1v) is 11.6. The van der Waals surface area contributed by atoms with Gasteiger partial charge in [0.25, 0.3) is 0 Å². The van der Waals surface area contributed by atoms with Crippen LogP contribution in [0.1, 0.15) is 10.8 Å². The molecule has 0 atom stereocenters. The second kappa shape index (κ2) is 10.3. The lowest BCUT2D eigenvalue weighted by atomic mass is 10.2. The molecule has 0 aliphatic heterocycles. The molecule has 4 aromatic rings. The molecule has 2 heterocycles. The summed E-state index contributed by atoms with van der Waals surface area (Å²) in [5.74, 6) is 0.142. The molecule has 2 aromatic heterocycles. The Kier molecular flexibility index (Phi) is 7.02. The third kappa shape index (κ3) is 5.05. The lowest BCUT2D eigenvalue weighted by Crippen LogP contribution is -2.08. The number of thioether (sulfide) groups is 1. The Morgan fingerprint density at radius 3 is 2.79 bits per heavy atom. The minimum atomic E-state index is -0.462. The van der Waals surface area contributed by atoms with Crippen molar-refractivity contribution in [3.05, 3.63) is 83.6 Å². The number of ether oxygens (including phenoxy) is 1. The van der Waals surface area contributed by atoms with Gasteiger partial charge in [0.1, 0.15) is 29.0 Å². The third-order valence-corrected chi connectivity index (χ3v) is 6.58. The first-order valence-electron chi connectivity index (χ1n) is 9.82. The van der Waals surface area contributed by atoms with Crippen LogP contribution in [0.15, 0.2) is 72.1 Å². The number of hydrogen-bond acceptors (Lipinski definition) is 8. The fraction of sp³-hybridized carbons (Fsp3) is 0.130. The van der Waals surface area contributed by atoms with Crippen LogP contribution in [-0.4, -0.2) is 30.6 Å². The number of hydrogen-bond donors (Lipinski definition) is 1. The van der Waals surface area contributed by atoms with Crippen molar-refractivity contribution in [3.63, 3.8) is 0 Å². The fourth-order valence-electron chi connectivity index (χ4n) is 2.97. The third-order valence-electron chi connectivity index (χ3n) is 4.54. The molecule has 2 aromatic carbocycles. The number of aromatic nitrogens is 4. The first kappa shape index (κ1) is 22.5. The Balaban J connectivity index is 1.51. The Hall–Kier alpha value is -3.68. The average Bonchev–Trinajstić information content (AvgIpc) is 3.42. The standard InChI is InChI=1S/C23H18FN5O2S2/c1-2-11-29-21(13-31-19-9-5-3-7-16(19)24)27-28-23(29)32-14-18(30)15(12-25)22-26-17-8-4-6-10-20(17)33-22/h2-10,30H,1,11,13-14H2/b18-15-. The molecule has 7 nitrogen and oxygen atoms in total. The van der Waals surface area contributed by atoms with E-state index in [-0.39, 0.29) is 29.4 Å². The van der Waals surface area contributed by atoms with Gasteiger partial charge in [-0.05, 0) is 24.3 Å². The number of halogens is 1. The van der Waals surface area contributed by atoms with E-state index in [1.807, 2.05) is 24.3 Å². The number of rotatable bonds is 9. The van der Waals surface area contributed by atoms with Crippen LogP contribution in [-0.2, 0) is 13.2 Å². The summed E-state index contributed by atoms with van der Waals surface area (Å²) in [5, 5.41) is 29.5. The molecule has 166 valence electrons. The topological polar surface area (TPSA) is 96.9 Å². The van der Waals surface area contributed by atoms with Gasteiger partial charge in [0, 0.05) is 6.54 Å². The number of para-hydroxylation sites is 2. The average molecular weight is 480 g/mol. The number of nitriles is 1. The van der Waals surface area contributed by atoms with Crippen molar-refractivity contribution in [1.29, 1.82) is 5.26 Å². The Morgan fingerprint density at radius 2 is 2.03 bits per heavy atom. The van der Waals surface area contributed by atoms with Crippen LogP contribution in [0, 0.1) is 17.1 Å². The molecule has 10 heteroatoms. The molecule has 0 spiro atoms. The van der Waals surface area contributed by atoms with E-state index in [2.05, 4.69) is 27.8 Å². The summed E-state index contributed by atoms with van der Waals surface area (Å²) in [6.07, 6.45) is 1.68. The molecule has 0 saturated carbocycles. The van der Waals surface area contributed by atoms with Gasteiger partial charge in [-0.1, -0.05) is 42.1 Å². The Morgan fingerprint density at radius 1 is 1.24 bits per heavy atom. The van der Waals surface area contributed by atoms with Crippen LogP contribution in [0.4, 0.5) is 4.39 Å². The quantitative estimate of drug-likeness (QED) is 0.149. The van der Waals surface area contributed by atoms with Crippen LogP contribution >= 0.6 is 23.1 Å². The molecule has 0 aliphatic rings. The molecule has 1 N–H and O–H groups in total. The normalized spacial score (nSPS) is 11.8. The Bertz CT molecular complexity index is 1340. The van der Waals surface area contributed by atoms with Gasteiger partial charge in [-0.15, -0.1) is 28.1 Å². The van der Waals surface area contributed by atoms with E-state index < -0.39 is 5.82 Å². The molecule has 0 fully saturated rings. The maximum absolute atomic E-state index is 13.8. The highest BCUT2D eigenvalue weighted by molar-refractivity contribution is 7.99. The highest BCUT2D eigenvalue weighted by Crippen LogP contribution is 2.30. The summed E-state index contributed by atoms with van der Waals surface area (Å²) in [5.41, 5.74) is 0.900. The zero-order valence-electron chi connectivity index (χ0n) is 17.3. The highest BCUT2D eigenvalue weighted by atomic mass is 32.2. The van der Waals surface area contributed by atoms with Crippen LogP contribution in [0.3, 0.4) is 0 Å². The summed E-state index contributed by atoms with van der Waals surface area (Å²) >= 11 is 2.56. The summed E-state index contributed by atoms with van der Waals surface area (Å²) in [6.45, 7) is 4.17. The summed E-state index contributed by atoms with van der Waals surface area (Å²) < 4.78 is 22.1. The summed E-state index contributed by atoms with van der Waals surface area (Å²) in [7, 11) is 0. The lowest BCUT2D eigenvalue weighted by molar-refractivity contribution is 0.275. The van der Waals surface area contributed by atoms with E-state index in [4.69, 9.17) is 4.74 Å². The van der Waals surface area contributed by atoms with Gasteiger partial charge in [0.15, 0.2) is 22.5 Å². The largest absolute Gasteiger partial charge is 0.510 e. The predicted octanol–water partition coefficient (Wildman–Crippen LogP) is 5.38. The minimum absolute atomic E-state index is 0.0132. The van der Waals surface area contributed by atoms with Gasteiger partial charge in [0.05, 0.1) is 16.0 Å². The molecule has 0 bridgehead atoms. The van der Waals surface area contributed by atoms with E-state index in [1.165, 1.54) is 35.2 Å². The number of thiazole rings is 1. The predicted molar refractivity (Wildman–Crippen MR) is 126 cm³/mol. The highest BCUT2D eigenvalue weighted by Gasteiger charge is 2.17. The monoisotopic (exact) mass is 479 g/mol. The van der Waals surface area contributed by atoms with Crippen LogP contribution < -0.4 is 4.74 Å². The van der Waals surface area contributed by atoms with Crippen molar-refractivity contribution >= 4 is 38.9 Å². The molecule has 0 aliphatic carbocycles. The van der Waals surface area contributed by atoms with Gasteiger partial charge >= 0.3 is 0 Å². The van der Waals surface area contributed by atoms with Crippen molar-refractivity contribution in [2.24, 2.45) is 0 Å². The fourth-order valence-corrected chi connectivity index (χ4v) is 4.80. The smallest absolute Gasteiger partial charge is 0.192 e. The zero-order valence-corrected chi connectivity index (χ0v) is 18.9. The van der Waals surface area contributed by atoms with Crippen molar-refractivity contribution in [1.82, 2.24) is 19.7 Å².